The summed E-state index contributed by atoms with van der Waals surface area (Å²) < 4.78 is 0. The second-order valence-corrected chi connectivity index (χ2v) is 2.53. The number of nitrogens with two attached hydrogens (primary N) is 1. The lowest BCUT2D eigenvalue weighted by Crippen LogP contribution is -2.30. The number of hydrogen-bond donors (Lipinski definition) is 1. The van der Waals surface area contributed by atoms with Crippen molar-refractivity contribution in [1.29, 1.82) is 5.26 Å². The standard InChI is InChI=1S/C8H7N3S/c9-6-11(8(10)12)7-4-2-1-3-5-7/h1-5H,(H2,10,12). The summed E-state index contributed by atoms with van der Waals surface area (Å²) in [5, 5.41) is 8.72. The molecule has 0 unspecified atom stereocenters. The van der Waals surface area contributed by atoms with Gasteiger partial charge in [0.25, 0.3) is 0 Å². The highest BCUT2D eigenvalue weighted by molar-refractivity contribution is 7.80. The van der Waals surface area contributed by atoms with Gasteiger partial charge in [0, 0.05) is 0 Å². The van der Waals surface area contributed by atoms with Gasteiger partial charge >= 0.3 is 0 Å². The van der Waals surface area contributed by atoms with Gasteiger partial charge in [-0.3, -0.25) is 0 Å². The van der Waals surface area contributed by atoms with Crippen molar-refractivity contribution >= 4 is 23.0 Å². The van der Waals surface area contributed by atoms with Gasteiger partial charge in [0.1, 0.15) is 0 Å². The summed E-state index contributed by atoms with van der Waals surface area (Å²) in [5.74, 6) is 0. The van der Waals surface area contributed by atoms with E-state index in [0.717, 1.165) is 0 Å². The monoisotopic (exact) mass is 177 g/mol. The molecule has 2 N–H and O–H groups in total. The van der Waals surface area contributed by atoms with E-state index in [0.29, 0.717) is 5.69 Å². The minimum atomic E-state index is 0.0590. The summed E-state index contributed by atoms with van der Waals surface area (Å²) in [6.07, 6.45) is 1.88. The maximum Gasteiger partial charge on any atom is 0.191 e. The largest absolute Gasteiger partial charge is 0.375 e. The number of thiocarbonyl (C=S) groups is 1. The second-order valence-electron chi connectivity index (χ2n) is 2.11. The molecule has 60 valence electrons. The number of para-hydroxylation sites is 1. The summed E-state index contributed by atoms with van der Waals surface area (Å²) in [7, 11) is 0. The number of anilines is 1. The van der Waals surface area contributed by atoms with Crippen LogP contribution in [0.3, 0.4) is 0 Å². The van der Waals surface area contributed by atoms with Crippen molar-refractivity contribution in [2.24, 2.45) is 5.73 Å². The van der Waals surface area contributed by atoms with Gasteiger partial charge in [-0.2, -0.15) is 5.26 Å². The summed E-state index contributed by atoms with van der Waals surface area (Å²) in [6.45, 7) is 0. The van der Waals surface area contributed by atoms with Gasteiger partial charge in [-0.1, -0.05) is 18.2 Å². The summed E-state index contributed by atoms with van der Waals surface area (Å²) in [5.41, 5.74) is 6.00. The number of rotatable bonds is 1. The molecule has 12 heavy (non-hydrogen) atoms. The molecule has 0 atom stereocenters. The van der Waals surface area contributed by atoms with Crippen LogP contribution in [0.15, 0.2) is 30.3 Å². The van der Waals surface area contributed by atoms with E-state index in [1.54, 1.807) is 12.1 Å². The first-order chi connectivity index (χ1) is 5.75. The minimum Gasteiger partial charge on any atom is -0.375 e. The highest BCUT2D eigenvalue weighted by Gasteiger charge is 2.05. The van der Waals surface area contributed by atoms with Crippen LogP contribution in [0.1, 0.15) is 0 Å². The molecule has 1 aromatic carbocycles. The Hall–Kier alpha value is -1.60. The van der Waals surface area contributed by atoms with E-state index < -0.39 is 0 Å². The van der Waals surface area contributed by atoms with Crippen molar-refractivity contribution < 1.29 is 0 Å². The molecule has 0 amide bonds. The molecule has 1 aromatic rings. The Morgan fingerprint density at radius 2 is 2.00 bits per heavy atom. The molecule has 0 aliphatic carbocycles. The topological polar surface area (TPSA) is 53.0 Å². The summed E-state index contributed by atoms with van der Waals surface area (Å²) >= 11 is 4.68. The molecular formula is C8H7N3S. The van der Waals surface area contributed by atoms with Crippen molar-refractivity contribution in [3.63, 3.8) is 0 Å². The molecule has 0 saturated carbocycles. The molecule has 0 fully saturated rings. The van der Waals surface area contributed by atoms with Crippen LogP contribution in [0.25, 0.3) is 0 Å². The Morgan fingerprint density at radius 3 is 2.42 bits per heavy atom. The summed E-state index contributed by atoms with van der Waals surface area (Å²) in [4.78, 5) is 1.19. The maximum absolute atomic E-state index is 8.66. The van der Waals surface area contributed by atoms with Crippen LogP contribution < -0.4 is 10.6 Å². The maximum atomic E-state index is 8.66. The lowest BCUT2D eigenvalue weighted by Gasteiger charge is -2.11. The van der Waals surface area contributed by atoms with Crippen molar-refractivity contribution in [2.45, 2.75) is 0 Å². The molecular weight excluding hydrogens is 170 g/mol. The van der Waals surface area contributed by atoms with Gasteiger partial charge in [0.15, 0.2) is 11.3 Å². The van der Waals surface area contributed by atoms with E-state index in [9.17, 15) is 0 Å². The van der Waals surface area contributed by atoms with Crippen LogP contribution >= 0.6 is 12.2 Å². The van der Waals surface area contributed by atoms with E-state index in [1.165, 1.54) is 4.90 Å². The first-order valence-corrected chi connectivity index (χ1v) is 3.71. The van der Waals surface area contributed by atoms with Crippen LogP contribution in [0, 0.1) is 11.5 Å². The number of benzene rings is 1. The third-order valence-electron chi connectivity index (χ3n) is 1.33. The minimum absolute atomic E-state index is 0.0590. The Balaban J connectivity index is 2.98. The molecule has 0 aliphatic heterocycles. The first-order valence-electron chi connectivity index (χ1n) is 3.30. The predicted molar refractivity (Wildman–Crippen MR) is 51.3 cm³/mol. The van der Waals surface area contributed by atoms with E-state index >= 15 is 0 Å². The molecule has 0 aromatic heterocycles. The molecule has 3 nitrogen and oxygen atoms in total. The normalized spacial score (nSPS) is 8.58. The average molecular weight is 177 g/mol. The average Bonchev–Trinajstić information content (AvgIpc) is 2.07. The third-order valence-corrected chi connectivity index (χ3v) is 1.52. The Bertz CT molecular complexity index is 315. The van der Waals surface area contributed by atoms with Gasteiger partial charge in [-0.05, 0) is 24.4 Å². The molecule has 0 aliphatic rings. The highest BCUT2D eigenvalue weighted by Crippen LogP contribution is 2.11. The van der Waals surface area contributed by atoms with Crippen LogP contribution in [-0.4, -0.2) is 5.11 Å². The van der Waals surface area contributed by atoms with E-state index in [2.05, 4.69) is 12.2 Å². The smallest absolute Gasteiger partial charge is 0.191 e. The lowest BCUT2D eigenvalue weighted by molar-refractivity contribution is 1.32. The van der Waals surface area contributed by atoms with E-state index in [-0.39, 0.29) is 5.11 Å². The SMILES string of the molecule is N#CN(C(N)=S)c1ccccc1. The molecule has 0 spiro atoms. The van der Waals surface area contributed by atoms with Gasteiger partial charge < -0.3 is 5.73 Å². The van der Waals surface area contributed by atoms with Gasteiger partial charge in [0.05, 0.1) is 5.69 Å². The molecule has 4 heteroatoms. The highest BCUT2D eigenvalue weighted by atomic mass is 32.1. The van der Waals surface area contributed by atoms with Gasteiger partial charge in [-0.25, -0.2) is 4.90 Å². The first kappa shape index (κ1) is 8.50. The van der Waals surface area contributed by atoms with Gasteiger partial charge in [-0.15, -0.1) is 0 Å². The fourth-order valence-corrected chi connectivity index (χ4v) is 0.958. The third kappa shape index (κ3) is 1.71. The van der Waals surface area contributed by atoms with Crippen molar-refractivity contribution in [3.8, 4) is 6.19 Å². The van der Waals surface area contributed by atoms with Crippen LogP contribution in [0.4, 0.5) is 5.69 Å². The van der Waals surface area contributed by atoms with Crippen molar-refractivity contribution in [1.82, 2.24) is 0 Å². The van der Waals surface area contributed by atoms with Crippen LogP contribution in [0.5, 0.6) is 0 Å². The predicted octanol–water partition coefficient (Wildman–Crippen LogP) is 1.22. The number of nitriles is 1. The quantitative estimate of drug-likeness (QED) is 0.398. The molecule has 0 bridgehead atoms. The molecule has 1 rings (SSSR count). The number of nitrogens with zero attached hydrogens (tertiary/aromatic N) is 2. The zero-order valence-corrected chi connectivity index (χ0v) is 7.08. The number of hydrogen-bond acceptors (Lipinski definition) is 2. The zero-order valence-electron chi connectivity index (χ0n) is 6.27. The fourth-order valence-electron chi connectivity index (χ4n) is 0.811. The Labute approximate surface area is 76.0 Å². The molecule has 0 heterocycles. The van der Waals surface area contributed by atoms with E-state index in [4.69, 9.17) is 11.0 Å². The Morgan fingerprint density at radius 1 is 1.42 bits per heavy atom. The second kappa shape index (κ2) is 3.69. The molecule has 0 saturated heterocycles. The van der Waals surface area contributed by atoms with Gasteiger partial charge in [0.2, 0.25) is 0 Å². The molecule has 0 radical (unpaired) electrons. The fraction of sp³-hybridized carbons (Fsp3) is 0. The van der Waals surface area contributed by atoms with Crippen molar-refractivity contribution in [2.75, 3.05) is 4.90 Å². The Kier molecular flexibility index (Phi) is 2.62. The summed E-state index contributed by atoms with van der Waals surface area (Å²) in [6, 6.07) is 9.03. The zero-order chi connectivity index (χ0) is 8.97. The van der Waals surface area contributed by atoms with Crippen LogP contribution in [-0.2, 0) is 0 Å². The van der Waals surface area contributed by atoms with Crippen molar-refractivity contribution in [3.05, 3.63) is 30.3 Å². The lowest BCUT2D eigenvalue weighted by atomic mass is 10.3. The van der Waals surface area contributed by atoms with E-state index in [1.807, 2.05) is 24.4 Å². The van der Waals surface area contributed by atoms with Crippen LogP contribution in [0.2, 0.25) is 0 Å².